The molecule has 0 atom stereocenters. The number of likely N-dealkylation sites (tertiary alicyclic amines) is 1. The molecule has 8 heteroatoms. The van der Waals surface area contributed by atoms with Crippen LogP contribution in [0.3, 0.4) is 0 Å². The minimum absolute atomic E-state index is 0.0390. The van der Waals surface area contributed by atoms with Crippen molar-refractivity contribution in [2.24, 2.45) is 5.92 Å². The fourth-order valence-electron chi connectivity index (χ4n) is 4.40. The number of hydrogen-bond donors (Lipinski definition) is 1. The lowest BCUT2D eigenvalue weighted by molar-refractivity contribution is -0.126. The third kappa shape index (κ3) is 6.35. The number of amides is 1. The number of hydrogen-bond acceptors (Lipinski definition) is 6. The summed E-state index contributed by atoms with van der Waals surface area (Å²) < 4.78 is 16.5. The van der Waals surface area contributed by atoms with Crippen molar-refractivity contribution in [1.82, 2.24) is 15.2 Å². The van der Waals surface area contributed by atoms with Gasteiger partial charge in [0.05, 0.1) is 19.9 Å². The summed E-state index contributed by atoms with van der Waals surface area (Å²) in [7, 11) is 3.24. The van der Waals surface area contributed by atoms with E-state index in [0.717, 1.165) is 54.9 Å². The number of piperidine rings is 1. The Balaban J connectivity index is 1.23. The van der Waals surface area contributed by atoms with Gasteiger partial charge in [-0.2, -0.15) is 0 Å². The summed E-state index contributed by atoms with van der Waals surface area (Å²) >= 11 is 6.10. The second-order valence-corrected chi connectivity index (χ2v) is 9.25. The van der Waals surface area contributed by atoms with E-state index < -0.39 is 0 Å². The number of halogens is 1. The number of nitrogens with zero attached hydrogens (tertiary/aromatic N) is 2. The van der Waals surface area contributed by atoms with Gasteiger partial charge in [0.25, 0.3) is 0 Å². The van der Waals surface area contributed by atoms with Crippen LogP contribution in [-0.2, 0) is 17.8 Å². The van der Waals surface area contributed by atoms with Crippen LogP contribution in [0.4, 0.5) is 0 Å². The van der Waals surface area contributed by atoms with Gasteiger partial charge in [0, 0.05) is 29.6 Å². The average molecular weight is 498 g/mol. The minimum atomic E-state index is 0.0390. The molecular formula is C27H32ClN3O4. The number of aryl methyl sites for hydroxylation is 1. The molecule has 0 unspecified atom stereocenters. The summed E-state index contributed by atoms with van der Waals surface area (Å²) in [6.07, 6.45) is 2.41. The van der Waals surface area contributed by atoms with Crippen molar-refractivity contribution in [2.75, 3.05) is 33.9 Å². The molecule has 1 aromatic heterocycles. The van der Waals surface area contributed by atoms with Gasteiger partial charge in [-0.3, -0.25) is 9.69 Å². The summed E-state index contributed by atoms with van der Waals surface area (Å²) in [4.78, 5) is 19.7. The molecule has 0 bridgehead atoms. The van der Waals surface area contributed by atoms with Gasteiger partial charge in [0.1, 0.15) is 5.76 Å². The SMILES string of the molecule is COc1ccc(CCNC(=O)C2CCN(Cc3nc(-c4cccc(Cl)c4)oc3C)CC2)cc1OC. The van der Waals surface area contributed by atoms with Crippen molar-refractivity contribution in [3.63, 3.8) is 0 Å². The third-order valence-corrected chi connectivity index (χ3v) is 6.69. The van der Waals surface area contributed by atoms with Crippen LogP contribution in [0.25, 0.3) is 11.5 Å². The van der Waals surface area contributed by atoms with Crippen molar-refractivity contribution in [3.8, 4) is 23.0 Å². The largest absolute Gasteiger partial charge is 0.493 e. The van der Waals surface area contributed by atoms with E-state index >= 15 is 0 Å². The van der Waals surface area contributed by atoms with Gasteiger partial charge in [-0.15, -0.1) is 0 Å². The number of oxazole rings is 1. The molecule has 3 aromatic rings. The highest BCUT2D eigenvalue weighted by molar-refractivity contribution is 6.30. The van der Waals surface area contributed by atoms with Crippen molar-refractivity contribution in [2.45, 2.75) is 32.7 Å². The molecule has 2 aromatic carbocycles. The van der Waals surface area contributed by atoms with Crippen LogP contribution < -0.4 is 14.8 Å². The van der Waals surface area contributed by atoms with Gasteiger partial charge < -0.3 is 19.2 Å². The lowest BCUT2D eigenvalue weighted by Gasteiger charge is -2.30. The molecule has 0 spiro atoms. The molecule has 0 saturated carbocycles. The maximum Gasteiger partial charge on any atom is 0.226 e. The Bertz CT molecular complexity index is 1160. The van der Waals surface area contributed by atoms with Gasteiger partial charge in [0.2, 0.25) is 11.8 Å². The average Bonchev–Trinajstić information content (AvgIpc) is 3.24. The molecule has 1 aliphatic heterocycles. The number of nitrogens with one attached hydrogen (secondary N) is 1. The molecule has 1 amide bonds. The van der Waals surface area contributed by atoms with Gasteiger partial charge in [-0.25, -0.2) is 4.98 Å². The quantitative estimate of drug-likeness (QED) is 0.453. The number of rotatable bonds is 9. The Hall–Kier alpha value is -3.03. The maximum atomic E-state index is 12.7. The molecule has 1 saturated heterocycles. The third-order valence-electron chi connectivity index (χ3n) is 6.46. The zero-order valence-electron chi connectivity index (χ0n) is 20.5. The first-order valence-electron chi connectivity index (χ1n) is 11.9. The highest BCUT2D eigenvalue weighted by atomic mass is 35.5. The molecule has 0 radical (unpaired) electrons. The minimum Gasteiger partial charge on any atom is -0.493 e. The lowest BCUT2D eigenvalue weighted by atomic mass is 9.95. The predicted octanol–water partition coefficient (Wildman–Crippen LogP) is 4.89. The smallest absolute Gasteiger partial charge is 0.226 e. The number of ether oxygens (including phenoxy) is 2. The molecule has 186 valence electrons. The van der Waals surface area contributed by atoms with E-state index in [1.54, 1.807) is 14.2 Å². The Labute approximate surface area is 211 Å². The van der Waals surface area contributed by atoms with Crippen LogP contribution in [0.1, 0.15) is 29.9 Å². The van der Waals surface area contributed by atoms with Crippen molar-refractivity contribution >= 4 is 17.5 Å². The standard InChI is InChI=1S/C27H32ClN3O4/c1-18-23(30-27(35-18)21-5-4-6-22(28)16-21)17-31-13-10-20(11-14-31)26(32)29-12-9-19-7-8-24(33-2)25(15-19)34-3/h4-8,15-16,20H,9-14,17H2,1-3H3,(H,29,32). The van der Waals surface area contributed by atoms with Crippen LogP contribution >= 0.6 is 11.6 Å². The van der Waals surface area contributed by atoms with Crippen molar-refractivity contribution in [3.05, 3.63) is 64.5 Å². The molecule has 0 aliphatic carbocycles. The van der Waals surface area contributed by atoms with Gasteiger partial charge in [0.15, 0.2) is 11.5 Å². The van der Waals surface area contributed by atoms with Crippen molar-refractivity contribution in [1.29, 1.82) is 0 Å². The number of benzene rings is 2. The maximum absolute atomic E-state index is 12.7. The summed E-state index contributed by atoms with van der Waals surface area (Å²) in [6, 6.07) is 13.4. The first-order valence-corrected chi connectivity index (χ1v) is 12.3. The molecule has 1 aliphatic rings. The van der Waals surface area contributed by atoms with E-state index in [2.05, 4.69) is 10.2 Å². The van der Waals surface area contributed by atoms with E-state index in [9.17, 15) is 4.79 Å². The zero-order valence-corrected chi connectivity index (χ0v) is 21.2. The Morgan fingerprint density at radius 1 is 1.14 bits per heavy atom. The van der Waals surface area contributed by atoms with Crippen LogP contribution in [-0.4, -0.2) is 49.6 Å². The van der Waals surface area contributed by atoms with Crippen molar-refractivity contribution < 1.29 is 18.7 Å². The van der Waals surface area contributed by atoms with Crippen LogP contribution in [0.5, 0.6) is 11.5 Å². The molecule has 35 heavy (non-hydrogen) atoms. The second-order valence-electron chi connectivity index (χ2n) is 8.81. The number of carbonyl (C=O) groups is 1. The van der Waals surface area contributed by atoms with Gasteiger partial charge in [-0.05, 0) is 75.2 Å². The molecule has 7 nitrogen and oxygen atoms in total. The fourth-order valence-corrected chi connectivity index (χ4v) is 4.59. The second kappa shape index (κ2) is 11.6. The summed E-state index contributed by atoms with van der Waals surface area (Å²) in [5.41, 5.74) is 2.89. The predicted molar refractivity (Wildman–Crippen MR) is 136 cm³/mol. The normalized spacial score (nSPS) is 14.6. The summed E-state index contributed by atoms with van der Waals surface area (Å²) in [5, 5.41) is 3.76. The monoisotopic (exact) mass is 497 g/mol. The topological polar surface area (TPSA) is 76.8 Å². The Morgan fingerprint density at radius 3 is 2.63 bits per heavy atom. The van der Waals surface area contributed by atoms with E-state index in [1.807, 2.05) is 49.4 Å². The van der Waals surface area contributed by atoms with Gasteiger partial charge in [-0.1, -0.05) is 23.7 Å². The molecule has 2 heterocycles. The highest BCUT2D eigenvalue weighted by Gasteiger charge is 2.26. The Kier molecular flexibility index (Phi) is 8.31. The molecule has 1 fully saturated rings. The van der Waals surface area contributed by atoms with Crippen LogP contribution in [0.2, 0.25) is 5.02 Å². The number of carbonyl (C=O) groups excluding carboxylic acids is 1. The Morgan fingerprint density at radius 2 is 1.91 bits per heavy atom. The highest BCUT2D eigenvalue weighted by Crippen LogP contribution is 2.28. The number of aromatic nitrogens is 1. The van der Waals surface area contributed by atoms with E-state index in [0.29, 0.717) is 35.5 Å². The first-order chi connectivity index (χ1) is 17.0. The van der Waals surface area contributed by atoms with Crippen LogP contribution in [0, 0.1) is 12.8 Å². The molecule has 4 rings (SSSR count). The van der Waals surface area contributed by atoms with E-state index in [4.69, 9.17) is 30.5 Å². The first kappa shape index (κ1) is 25.1. The summed E-state index contributed by atoms with van der Waals surface area (Å²) in [5.74, 6) is 2.97. The van der Waals surface area contributed by atoms with E-state index in [-0.39, 0.29) is 11.8 Å². The van der Waals surface area contributed by atoms with Crippen LogP contribution in [0.15, 0.2) is 46.9 Å². The molecular weight excluding hydrogens is 466 g/mol. The van der Waals surface area contributed by atoms with E-state index in [1.165, 1.54) is 0 Å². The van der Waals surface area contributed by atoms with Gasteiger partial charge >= 0.3 is 0 Å². The fraction of sp³-hybridized carbons (Fsp3) is 0.407. The molecule has 1 N–H and O–H groups in total. The zero-order chi connectivity index (χ0) is 24.8. The summed E-state index contributed by atoms with van der Waals surface area (Å²) in [6.45, 7) is 4.95. The number of methoxy groups -OCH3 is 2. The lowest BCUT2D eigenvalue weighted by Crippen LogP contribution is -2.40.